The maximum atomic E-state index is 14.9. The predicted octanol–water partition coefficient (Wildman–Crippen LogP) is 5.30. The largest absolute Gasteiger partial charge is 0.378 e. The fourth-order valence-electron chi connectivity index (χ4n) is 4.09. The molecule has 7 heteroatoms. The Balaban J connectivity index is 0.00000133. The second-order valence-electron chi connectivity index (χ2n) is 8.06. The van der Waals surface area contributed by atoms with E-state index in [0.717, 1.165) is 65.5 Å². The van der Waals surface area contributed by atoms with Gasteiger partial charge < -0.3 is 9.64 Å². The number of nitrogens with zero attached hydrogens (tertiary/aromatic N) is 5. The summed E-state index contributed by atoms with van der Waals surface area (Å²) in [5.41, 5.74) is 6.54. The first-order valence-electron chi connectivity index (χ1n) is 11.7. The van der Waals surface area contributed by atoms with Gasteiger partial charge in [0.1, 0.15) is 12.1 Å². The number of aromatic nitrogens is 4. The second-order valence-corrected chi connectivity index (χ2v) is 8.06. The molecular weight excluding hydrogens is 429 g/mol. The first-order chi connectivity index (χ1) is 16.6. The minimum absolute atomic E-state index is 0.307. The van der Waals surface area contributed by atoms with Gasteiger partial charge in [0.2, 0.25) is 0 Å². The third kappa shape index (κ3) is 5.04. The normalized spacial score (nSPS) is 13.5. The van der Waals surface area contributed by atoms with Crippen molar-refractivity contribution < 1.29 is 9.13 Å². The zero-order chi connectivity index (χ0) is 24.1. The van der Waals surface area contributed by atoms with Gasteiger partial charge >= 0.3 is 0 Å². The van der Waals surface area contributed by atoms with Crippen LogP contribution in [0.4, 0.5) is 10.1 Å². The molecule has 5 rings (SSSR count). The van der Waals surface area contributed by atoms with E-state index >= 15 is 0 Å². The summed E-state index contributed by atoms with van der Waals surface area (Å²) >= 11 is 0. The van der Waals surface area contributed by atoms with E-state index in [1.165, 1.54) is 12.4 Å². The lowest BCUT2D eigenvalue weighted by molar-refractivity contribution is 0.122. The summed E-state index contributed by atoms with van der Waals surface area (Å²) in [7, 11) is 0. The first kappa shape index (κ1) is 23.7. The molecule has 0 saturated carbocycles. The van der Waals surface area contributed by atoms with Gasteiger partial charge in [-0.25, -0.2) is 14.4 Å². The fourth-order valence-corrected chi connectivity index (χ4v) is 4.09. The SMILES string of the molecule is CC.Cc1cnc(C)c(Cc2ccc(F)c(-c3ncnc4cc(N5CCOCC5)ccc34)c2)n1. The molecule has 0 amide bonds. The predicted molar refractivity (Wildman–Crippen MR) is 134 cm³/mol. The van der Waals surface area contributed by atoms with Crippen LogP contribution in [-0.2, 0) is 11.2 Å². The number of benzene rings is 2. The first-order valence-corrected chi connectivity index (χ1v) is 11.7. The topological polar surface area (TPSA) is 64.0 Å². The molecule has 176 valence electrons. The number of ether oxygens (including phenoxy) is 1. The third-order valence-corrected chi connectivity index (χ3v) is 5.83. The lowest BCUT2D eigenvalue weighted by Gasteiger charge is -2.29. The van der Waals surface area contributed by atoms with Gasteiger partial charge in [0.05, 0.1) is 41.5 Å². The van der Waals surface area contributed by atoms with Crippen LogP contribution >= 0.6 is 0 Å². The fraction of sp³-hybridized carbons (Fsp3) is 0.333. The van der Waals surface area contributed by atoms with E-state index < -0.39 is 0 Å². The van der Waals surface area contributed by atoms with Crippen molar-refractivity contribution >= 4 is 16.6 Å². The van der Waals surface area contributed by atoms with Gasteiger partial charge in [0, 0.05) is 42.3 Å². The van der Waals surface area contributed by atoms with Crippen molar-refractivity contribution in [3.05, 3.63) is 77.4 Å². The van der Waals surface area contributed by atoms with Gasteiger partial charge in [-0.3, -0.25) is 9.97 Å². The Bertz CT molecular complexity index is 1290. The monoisotopic (exact) mass is 459 g/mol. The molecule has 4 aromatic rings. The highest BCUT2D eigenvalue weighted by atomic mass is 19.1. The molecule has 0 aliphatic carbocycles. The van der Waals surface area contributed by atoms with Crippen molar-refractivity contribution in [2.75, 3.05) is 31.2 Å². The van der Waals surface area contributed by atoms with Crippen LogP contribution in [0.3, 0.4) is 0 Å². The van der Waals surface area contributed by atoms with Gasteiger partial charge in [-0.05, 0) is 49.7 Å². The van der Waals surface area contributed by atoms with Gasteiger partial charge in [0.15, 0.2) is 0 Å². The van der Waals surface area contributed by atoms with E-state index in [1.807, 2.05) is 52.0 Å². The molecule has 2 aromatic carbocycles. The van der Waals surface area contributed by atoms with Crippen LogP contribution in [0.15, 0.2) is 48.9 Å². The molecule has 0 N–H and O–H groups in total. The average molecular weight is 460 g/mol. The van der Waals surface area contributed by atoms with E-state index in [0.29, 0.717) is 17.7 Å². The van der Waals surface area contributed by atoms with Gasteiger partial charge in [-0.2, -0.15) is 0 Å². The lowest BCUT2D eigenvalue weighted by Crippen LogP contribution is -2.36. The van der Waals surface area contributed by atoms with Gasteiger partial charge in [-0.1, -0.05) is 19.9 Å². The number of rotatable bonds is 4. The molecule has 0 unspecified atom stereocenters. The number of aryl methyl sites for hydroxylation is 2. The highest BCUT2D eigenvalue weighted by Gasteiger charge is 2.16. The number of halogens is 1. The molecular formula is C27H30FN5O. The number of hydrogen-bond donors (Lipinski definition) is 0. The molecule has 6 nitrogen and oxygen atoms in total. The smallest absolute Gasteiger partial charge is 0.132 e. The minimum atomic E-state index is -0.307. The Morgan fingerprint density at radius 3 is 2.56 bits per heavy atom. The van der Waals surface area contributed by atoms with Crippen LogP contribution < -0.4 is 4.90 Å². The summed E-state index contributed by atoms with van der Waals surface area (Å²) in [6, 6.07) is 11.2. The Labute approximate surface area is 199 Å². The minimum Gasteiger partial charge on any atom is -0.378 e. The second kappa shape index (κ2) is 10.7. The summed E-state index contributed by atoms with van der Waals surface area (Å²) in [6.07, 6.45) is 3.84. The van der Waals surface area contributed by atoms with Crippen molar-refractivity contribution in [1.29, 1.82) is 0 Å². The van der Waals surface area contributed by atoms with Crippen molar-refractivity contribution in [2.24, 2.45) is 0 Å². The highest BCUT2D eigenvalue weighted by molar-refractivity contribution is 5.94. The van der Waals surface area contributed by atoms with Crippen LogP contribution in [0, 0.1) is 19.7 Å². The molecule has 34 heavy (non-hydrogen) atoms. The summed E-state index contributed by atoms with van der Waals surface area (Å²) in [6.45, 7) is 11.0. The van der Waals surface area contributed by atoms with Crippen LogP contribution in [0.25, 0.3) is 22.2 Å². The Morgan fingerprint density at radius 2 is 1.76 bits per heavy atom. The number of fused-ring (bicyclic) bond motifs is 1. The van der Waals surface area contributed by atoms with Crippen molar-refractivity contribution in [2.45, 2.75) is 34.1 Å². The maximum absolute atomic E-state index is 14.9. The lowest BCUT2D eigenvalue weighted by atomic mass is 10.0. The van der Waals surface area contributed by atoms with Gasteiger partial charge in [-0.15, -0.1) is 0 Å². The summed E-state index contributed by atoms with van der Waals surface area (Å²) in [5, 5.41) is 0.826. The standard InChI is InChI=1S/C25H24FN5O.C2H6/c1-16-14-27-17(2)23(30-16)12-18-3-6-22(26)21(11-18)25-20-5-4-19(13-24(20)28-15-29-25)31-7-9-32-10-8-31;1-2/h3-6,11,13-15H,7-10,12H2,1-2H3;1-2H3. The highest BCUT2D eigenvalue weighted by Crippen LogP contribution is 2.31. The zero-order valence-electron chi connectivity index (χ0n) is 20.2. The summed E-state index contributed by atoms with van der Waals surface area (Å²) in [4.78, 5) is 20.2. The number of morpholine rings is 1. The molecule has 0 bridgehead atoms. The molecule has 0 radical (unpaired) electrons. The van der Waals surface area contributed by atoms with Crippen molar-refractivity contribution in [3.8, 4) is 11.3 Å². The number of anilines is 1. The molecule has 0 spiro atoms. The molecule has 0 atom stereocenters. The van der Waals surface area contributed by atoms with E-state index in [4.69, 9.17) is 4.74 Å². The average Bonchev–Trinajstić information content (AvgIpc) is 2.88. The summed E-state index contributed by atoms with van der Waals surface area (Å²) in [5.74, 6) is -0.307. The molecule has 1 saturated heterocycles. The Morgan fingerprint density at radius 1 is 0.971 bits per heavy atom. The van der Waals surface area contributed by atoms with Crippen LogP contribution in [-0.4, -0.2) is 46.2 Å². The molecule has 3 heterocycles. The third-order valence-electron chi connectivity index (χ3n) is 5.83. The van der Waals surface area contributed by atoms with E-state index in [1.54, 1.807) is 12.3 Å². The molecule has 2 aromatic heterocycles. The Kier molecular flexibility index (Phi) is 7.43. The molecule has 1 aliphatic rings. The molecule has 1 fully saturated rings. The van der Waals surface area contributed by atoms with E-state index in [-0.39, 0.29) is 5.82 Å². The molecule has 1 aliphatic heterocycles. The Hall–Kier alpha value is -3.45. The van der Waals surface area contributed by atoms with Crippen LogP contribution in [0.5, 0.6) is 0 Å². The maximum Gasteiger partial charge on any atom is 0.132 e. The quantitative estimate of drug-likeness (QED) is 0.413. The summed E-state index contributed by atoms with van der Waals surface area (Å²) < 4.78 is 20.4. The van der Waals surface area contributed by atoms with E-state index in [9.17, 15) is 4.39 Å². The van der Waals surface area contributed by atoms with E-state index in [2.05, 4.69) is 24.8 Å². The van der Waals surface area contributed by atoms with Crippen molar-refractivity contribution in [1.82, 2.24) is 19.9 Å². The van der Waals surface area contributed by atoms with Crippen LogP contribution in [0.1, 0.15) is 36.5 Å². The van der Waals surface area contributed by atoms with Crippen LogP contribution in [0.2, 0.25) is 0 Å². The zero-order valence-corrected chi connectivity index (χ0v) is 20.2. The van der Waals surface area contributed by atoms with Crippen molar-refractivity contribution in [3.63, 3.8) is 0 Å². The number of hydrogen-bond acceptors (Lipinski definition) is 6. The van der Waals surface area contributed by atoms with Gasteiger partial charge in [0.25, 0.3) is 0 Å².